The van der Waals surface area contributed by atoms with Crippen LogP contribution in [0.3, 0.4) is 0 Å². The van der Waals surface area contributed by atoms with Crippen molar-refractivity contribution in [1.82, 2.24) is 29.5 Å². The molecule has 1 aromatic carbocycles. The maximum atomic E-state index is 13.5. The first kappa shape index (κ1) is 26.9. The molecule has 0 bridgehead atoms. The van der Waals surface area contributed by atoms with Crippen molar-refractivity contribution in [1.29, 1.82) is 0 Å². The molecule has 0 unspecified atom stereocenters. The van der Waals surface area contributed by atoms with Gasteiger partial charge in [-0.3, -0.25) is 14.0 Å². The summed E-state index contributed by atoms with van der Waals surface area (Å²) in [5.41, 5.74) is 1.70. The minimum absolute atomic E-state index is 0.163. The molecule has 0 saturated heterocycles. The highest BCUT2D eigenvalue weighted by molar-refractivity contribution is 7.93. The van der Waals surface area contributed by atoms with Gasteiger partial charge in [0.1, 0.15) is 34.2 Å². The molecule has 4 rings (SSSR count). The summed E-state index contributed by atoms with van der Waals surface area (Å²) in [6.07, 6.45) is -1.40. The number of para-hydroxylation sites is 1. The number of nitrogens with zero attached hydrogens (tertiary/aromatic N) is 6. The van der Waals surface area contributed by atoms with Crippen LogP contribution in [0, 0.1) is 6.92 Å². The third kappa shape index (κ3) is 4.99. The lowest BCUT2D eigenvalue weighted by molar-refractivity contribution is 0.170. The number of aliphatic hydroxyl groups is 1. The van der Waals surface area contributed by atoms with Gasteiger partial charge in [-0.05, 0) is 38.1 Å². The summed E-state index contributed by atoms with van der Waals surface area (Å²) in [6, 6.07) is 11.8. The monoisotopic (exact) mass is 543 g/mol. The van der Waals surface area contributed by atoms with Crippen molar-refractivity contribution in [2.45, 2.75) is 25.2 Å². The quantitative estimate of drug-likeness (QED) is 0.304. The number of ether oxygens (including phenoxy) is 3. The molecule has 0 aliphatic rings. The lowest BCUT2D eigenvalue weighted by Gasteiger charge is -2.20. The van der Waals surface area contributed by atoms with Gasteiger partial charge in [0.05, 0.1) is 27.0 Å². The molecule has 0 saturated carbocycles. The third-order valence-corrected chi connectivity index (χ3v) is 7.76. The van der Waals surface area contributed by atoms with Crippen molar-refractivity contribution < 1.29 is 27.7 Å². The molecule has 0 amide bonds. The summed E-state index contributed by atoms with van der Waals surface area (Å²) < 4.78 is 48.8. The minimum atomic E-state index is -4.21. The van der Waals surface area contributed by atoms with Crippen LogP contribution >= 0.6 is 0 Å². The van der Waals surface area contributed by atoms with Gasteiger partial charge in [0.15, 0.2) is 5.82 Å². The van der Waals surface area contributed by atoms with E-state index >= 15 is 0 Å². The topological polar surface area (TPSA) is 156 Å². The Labute approximate surface area is 220 Å². The van der Waals surface area contributed by atoms with E-state index in [2.05, 4.69) is 25.0 Å². The number of nitrogens with one attached hydrogen (secondary N) is 1. The third-order valence-electron chi connectivity index (χ3n) is 6.05. The van der Waals surface area contributed by atoms with Crippen molar-refractivity contribution in [3.05, 3.63) is 53.9 Å². The molecular formula is C24H29N7O6S. The first-order valence-electron chi connectivity index (χ1n) is 11.5. The number of aromatic nitrogens is 6. The number of rotatable bonds is 10. The highest BCUT2D eigenvalue weighted by atomic mass is 32.2. The van der Waals surface area contributed by atoms with Crippen LogP contribution < -0.4 is 18.9 Å². The molecule has 3 aromatic heterocycles. The SMILES string of the molecule is COc1cccc(-c2nnc(NS(=O)(=O)[C@@H](C)[C@H](O)c3cc(C)n(C)n3)n2-c2c(OC)cccc2OC)n1. The highest BCUT2D eigenvalue weighted by Gasteiger charge is 2.34. The number of methoxy groups -OCH3 is 3. The Morgan fingerprint density at radius 2 is 1.66 bits per heavy atom. The Morgan fingerprint density at radius 3 is 2.24 bits per heavy atom. The second kappa shape index (κ2) is 10.7. The van der Waals surface area contributed by atoms with Gasteiger partial charge in [-0.25, -0.2) is 13.4 Å². The van der Waals surface area contributed by atoms with Crippen LogP contribution in [0.4, 0.5) is 5.95 Å². The average Bonchev–Trinajstić information content (AvgIpc) is 3.48. The Balaban J connectivity index is 1.85. The fraction of sp³-hybridized carbons (Fsp3) is 0.333. The Hall–Kier alpha value is -4.17. The number of pyridine rings is 1. The Kier molecular flexibility index (Phi) is 7.55. The lowest BCUT2D eigenvalue weighted by Crippen LogP contribution is -2.32. The van der Waals surface area contributed by atoms with E-state index in [1.165, 1.54) is 32.8 Å². The van der Waals surface area contributed by atoms with Gasteiger partial charge in [0.25, 0.3) is 0 Å². The van der Waals surface area contributed by atoms with Crippen molar-refractivity contribution in [2.75, 3.05) is 26.1 Å². The smallest absolute Gasteiger partial charge is 0.243 e. The van der Waals surface area contributed by atoms with Crippen LogP contribution in [0.1, 0.15) is 24.4 Å². The molecule has 0 aliphatic carbocycles. The predicted octanol–water partition coefficient (Wildman–Crippen LogP) is 2.26. The molecule has 0 aliphatic heterocycles. The fourth-order valence-corrected chi connectivity index (χ4v) is 4.85. The molecule has 14 heteroatoms. The van der Waals surface area contributed by atoms with E-state index in [4.69, 9.17) is 14.2 Å². The molecule has 0 radical (unpaired) electrons. The van der Waals surface area contributed by atoms with Gasteiger partial charge >= 0.3 is 0 Å². The van der Waals surface area contributed by atoms with Gasteiger partial charge in [0, 0.05) is 18.8 Å². The van der Waals surface area contributed by atoms with Gasteiger partial charge < -0.3 is 19.3 Å². The molecule has 13 nitrogen and oxygen atoms in total. The summed E-state index contributed by atoms with van der Waals surface area (Å²) in [6.45, 7) is 3.18. The molecule has 3 heterocycles. The molecule has 2 atom stereocenters. The summed E-state index contributed by atoms with van der Waals surface area (Å²) >= 11 is 0. The largest absolute Gasteiger partial charge is 0.494 e. The number of aliphatic hydroxyl groups excluding tert-OH is 1. The average molecular weight is 544 g/mol. The van der Waals surface area contributed by atoms with E-state index in [0.29, 0.717) is 28.8 Å². The van der Waals surface area contributed by atoms with Crippen LogP contribution in [0.15, 0.2) is 42.5 Å². The number of hydrogen-bond donors (Lipinski definition) is 2. The van der Waals surface area contributed by atoms with Crippen molar-refractivity contribution in [2.24, 2.45) is 7.05 Å². The van der Waals surface area contributed by atoms with Gasteiger partial charge in [-0.1, -0.05) is 12.1 Å². The highest BCUT2D eigenvalue weighted by Crippen LogP contribution is 2.38. The normalized spacial score (nSPS) is 13.1. The van der Waals surface area contributed by atoms with Crippen molar-refractivity contribution in [3.63, 3.8) is 0 Å². The molecule has 0 spiro atoms. The molecule has 0 fully saturated rings. The maximum absolute atomic E-state index is 13.5. The van der Waals surface area contributed by atoms with Crippen LogP contribution in [0.25, 0.3) is 17.2 Å². The minimum Gasteiger partial charge on any atom is -0.494 e. The standard InChI is InChI=1S/C24H29N7O6S/c1-14-13-17(28-30(14)3)22(32)15(2)38(33,34)29-24-27-26-23(16-9-7-12-20(25-16)37-6)31(24)21-18(35-4)10-8-11-19(21)36-5/h7-13,15,22,32H,1-6H3,(H,27,29)/t15-,22-/m0/s1. The Bertz CT molecular complexity index is 1510. The van der Waals surface area contributed by atoms with Crippen molar-refractivity contribution >= 4 is 16.0 Å². The molecule has 202 valence electrons. The van der Waals surface area contributed by atoms with E-state index in [0.717, 1.165) is 5.69 Å². The van der Waals surface area contributed by atoms with Gasteiger partial charge in [-0.2, -0.15) is 5.10 Å². The lowest BCUT2D eigenvalue weighted by atomic mass is 10.2. The number of sulfonamides is 1. The van der Waals surface area contributed by atoms with E-state index in [-0.39, 0.29) is 17.5 Å². The van der Waals surface area contributed by atoms with Crippen LogP contribution in [0.5, 0.6) is 17.4 Å². The van der Waals surface area contributed by atoms with E-state index in [1.807, 2.05) is 0 Å². The summed E-state index contributed by atoms with van der Waals surface area (Å²) in [4.78, 5) is 4.43. The summed E-state index contributed by atoms with van der Waals surface area (Å²) in [7, 11) is 1.93. The van der Waals surface area contributed by atoms with E-state index in [1.54, 1.807) is 61.1 Å². The second-order valence-corrected chi connectivity index (χ2v) is 10.4. The second-order valence-electron chi connectivity index (χ2n) is 8.39. The van der Waals surface area contributed by atoms with Crippen LogP contribution in [0.2, 0.25) is 0 Å². The van der Waals surface area contributed by atoms with Crippen LogP contribution in [-0.2, 0) is 17.1 Å². The molecule has 4 aromatic rings. The first-order chi connectivity index (χ1) is 18.1. The summed E-state index contributed by atoms with van der Waals surface area (Å²) in [5.74, 6) is 1.09. The fourth-order valence-electron chi connectivity index (χ4n) is 3.80. The zero-order valence-corrected chi connectivity index (χ0v) is 22.6. The summed E-state index contributed by atoms with van der Waals surface area (Å²) in [5, 5.41) is 22.1. The van der Waals surface area contributed by atoms with E-state index < -0.39 is 21.4 Å². The number of anilines is 1. The molecular weight excluding hydrogens is 514 g/mol. The van der Waals surface area contributed by atoms with Gasteiger partial charge in [0.2, 0.25) is 21.9 Å². The molecule has 2 N–H and O–H groups in total. The Morgan fingerprint density at radius 1 is 1.00 bits per heavy atom. The first-order valence-corrected chi connectivity index (χ1v) is 13.0. The number of benzene rings is 1. The number of aryl methyl sites for hydroxylation is 2. The zero-order valence-electron chi connectivity index (χ0n) is 21.8. The maximum Gasteiger partial charge on any atom is 0.243 e. The van der Waals surface area contributed by atoms with Crippen molar-refractivity contribution in [3.8, 4) is 34.6 Å². The predicted molar refractivity (Wildman–Crippen MR) is 139 cm³/mol. The van der Waals surface area contributed by atoms with E-state index in [9.17, 15) is 13.5 Å². The van der Waals surface area contributed by atoms with Crippen LogP contribution in [-0.4, -0.2) is 69.6 Å². The van der Waals surface area contributed by atoms with Gasteiger partial charge in [-0.15, -0.1) is 10.2 Å². The number of hydrogen-bond acceptors (Lipinski definition) is 10. The zero-order chi connectivity index (χ0) is 27.6. The molecule has 38 heavy (non-hydrogen) atoms.